The summed E-state index contributed by atoms with van der Waals surface area (Å²) in [4.78, 5) is 0. The monoisotopic (exact) mass is 456 g/mol. The molecule has 2 unspecified atom stereocenters. The summed E-state index contributed by atoms with van der Waals surface area (Å²) in [7, 11) is 8.17. The van der Waals surface area contributed by atoms with Gasteiger partial charge in [0, 0.05) is 0 Å². The van der Waals surface area contributed by atoms with Gasteiger partial charge in [0.15, 0.2) is 0 Å². The number of halogens is 1. The molecule has 26 heavy (non-hydrogen) atoms. The van der Waals surface area contributed by atoms with Gasteiger partial charge < -0.3 is 0 Å². The fraction of sp³-hybridized carbons (Fsp3) is 0.304. The first-order valence-electron chi connectivity index (χ1n) is 9.87. The summed E-state index contributed by atoms with van der Waals surface area (Å²) in [6.07, 6.45) is 11.2. The van der Waals surface area contributed by atoms with Crippen molar-refractivity contribution in [2.24, 2.45) is 0 Å². The van der Waals surface area contributed by atoms with Crippen LogP contribution in [0.1, 0.15) is 49.8 Å². The third-order valence-electron chi connectivity index (χ3n) is 6.63. The topological polar surface area (TPSA) is 0 Å². The number of fused-ring (bicyclic) bond motifs is 2. The Labute approximate surface area is 162 Å². The first kappa shape index (κ1) is 18.7. The fourth-order valence-electron chi connectivity index (χ4n) is 5.13. The van der Waals surface area contributed by atoms with Crippen LogP contribution >= 0.6 is 8.51 Å². The zero-order chi connectivity index (χ0) is 18.2. The molecule has 0 bridgehead atoms. The number of rotatable bonds is 5. The van der Waals surface area contributed by atoms with Crippen molar-refractivity contribution in [3.63, 3.8) is 0 Å². The summed E-state index contributed by atoms with van der Waals surface area (Å²) in [5, 5.41) is 0. The molecule has 0 nitrogen and oxygen atoms in total. The Balaban J connectivity index is 1.97. The van der Waals surface area contributed by atoms with Crippen LogP contribution in [-0.2, 0) is 16.2 Å². The van der Waals surface area contributed by atoms with Crippen LogP contribution in [0.4, 0.5) is 0 Å². The number of benzene rings is 2. The predicted octanol–water partition coefficient (Wildman–Crippen LogP) is 6.98. The van der Waals surface area contributed by atoms with Crippen LogP contribution in [0.15, 0.2) is 60.7 Å². The molecule has 2 aromatic carbocycles. The average molecular weight is 458 g/mol. The van der Waals surface area contributed by atoms with E-state index in [1.54, 1.807) is 0 Å². The van der Waals surface area contributed by atoms with Crippen LogP contribution in [0.25, 0.3) is 12.2 Å². The minimum absolute atomic E-state index is 0.284. The summed E-state index contributed by atoms with van der Waals surface area (Å²) >= 11 is -3.69. The molecule has 0 fully saturated rings. The van der Waals surface area contributed by atoms with E-state index in [-0.39, 0.29) is 6.16 Å². The van der Waals surface area contributed by atoms with Gasteiger partial charge in [0.05, 0.1) is 0 Å². The second-order valence-corrected chi connectivity index (χ2v) is 40.1. The van der Waals surface area contributed by atoms with Crippen LogP contribution in [0.5, 0.6) is 0 Å². The molecule has 0 spiro atoms. The molecule has 0 amide bonds. The van der Waals surface area contributed by atoms with E-state index in [1.807, 2.05) is 0 Å². The third kappa shape index (κ3) is 2.72. The van der Waals surface area contributed by atoms with Crippen molar-refractivity contribution in [1.29, 1.82) is 0 Å². The van der Waals surface area contributed by atoms with Gasteiger partial charge in [-0.3, -0.25) is 0 Å². The molecule has 0 saturated heterocycles. The zero-order valence-electron chi connectivity index (χ0n) is 15.7. The predicted molar refractivity (Wildman–Crippen MR) is 115 cm³/mol. The van der Waals surface area contributed by atoms with E-state index >= 15 is 0 Å². The van der Waals surface area contributed by atoms with Crippen LogP contribution < -0.4 is 0 Å². The molecule has 2 aliphatic carbocycles. The maximum atomic E-state index is 8.17. The van der Waals surface area contributed by atoms with Gasteiger partial charge in [-0.15, -0.1) is 0 Å². The number of hydrogen-bond donors (Lipinski definition) is 0. The Hall–Kier alpha value is -0.690. The molecule has 2 atom stereocenters. The van der Waals surface area contributed by atoms with Gasteiger partial charge in [0.1, 0.15) is 0 Å². The number of allylic oxidation sites excluding steroid dienone is 2. The van der Waals surface area contributed by atoms with E-state index in [9.17, 15) is 0 Å². The SMILES string of the molecule is CCC[SiH]=[Zr]([Cl])([CH2]C)([CH]1C=Cc2ccccc21)[CH]1C=Cc2ccccc21. The van der Waals surface area contributed by atoms with Crippen LogP contribution in [0.3, 0.4) is 0 Å². The molecule has 4 rings (SSSR count). The minimum atomic E-state index is -3.69. The van der Waals surface area contributed by atoms with Gasteiger partial charge >= 0.3 is 164 Å². The second-order valence-electron chi connectivity index (χ2n) is 7.85. The molecule has 0 saturated carbocycles. The normalized spacial score (nSPS) is 20.9. The molecule has 0 heterocycles. The Bertz CT molecular complexity index is 904. The van der Waals surface area contributed by atoms with Crippen LogP contribution in [0.2, 0.25) is 10.2 Å². The Morgan fingerprint density at radius 2 is 1.35 bits per heavy atom. The van der Waals surface area contributed by atoms with E-state index < -0.39 is 16.2 Å². The van der Waals surface area contributed by atoms with Gasteiger partial charge in [-0.2, -0.15) is 0 Å². The van der Waals surface area contributed by atoms with Crippen molar-refractivity contribution >= 4 is 26.8 Å². The molecule has 0 aliphatic heterocycles. The van der Waals surface area contributed by atoms with E-state index in [1.165, 1.54) is 38.8 Å². The molecule has 0 N–H and O–H groups in total. The van der Waals surface area contributed by atoms with E-state index in [0.29, 0.717) is 7.25 Å². The summed E-state index contributed by atoms with van der Waals surface area (Å²) in [5.74, 6) is 0. The van der Waals surface area contributed by atoms with Crippen molar-refractivity contribution < 1.29 is 16.2 Å². The van der Waals surface area contributed by atoms with Gasteiger partial charge in [0.25, 0.3) is 0 Å². The Kier molecular flexibility index (Phi) is 5.05. The quantitative estimate of drug-likeness (QED) is 0.424. The van der Waals surface area contributed by atoms with Gasteiger partial charge in [-0.1, -0.05) is 0 Å². The number of hydrogen-bond acceptors (Lipinski definition) is 0. The Morgan fingerprint density at radius 3 is 1.81 bits per heavy atom. The van der Waals surface area contributed by atoms with E-state index in [4.69, 9.17) is 8.51 Å². The zero-order valence-corrected chi connectivity index (χ0v) is 20.0. The van der Waals surface area contributed by atoms with Gasteiger partial charge in [-0.05, 0) is 0 Å². The summed E-state index contributed by atoms with van der Waals surface area (Å²) in [6, 6.07) is 19.2. The molecule has 2 aliphatic rings. The van der Waals surface area contributed by atoms with Crippen molar-refractivity contribution in [3.05, 3.63) is 82.9 Å². The summed E-state index contributed by atoms with van der Waals surface area (Å²) in [5.41, 5.74) is 5.77. The second kappa shape index (κ2) is 7.04. The Morgan fingerprint density at radius 1 is 0.846 bits per heavy atom. The maximum absolute atomic E-state index is 8.17. The van der Waals surface area contributed by atoms with Crippen molar-refractivity contribution in [3.8, 4) is 0 Å². The van der Waals surface area contributed by atoms with Crippen LogP contribution in [-0.4, -0.2) is 6.16 Å². The van der Waals surface area contributed by atoms with E-state index in [2.05, 4.69) is 86.7 Å². The van der Waals surface area contributed by atoms with Crippen molar-refractivity contribution in [1.82, 2.24) is 0 Å². The first-order valence-corrected chi connectivity index (χ1v) is 23.3. The van der Waals surface area contributed by atoms with Crippen LogP contribution in [0, 0.1) is 0 Å². The van der Waals surface area contributed by atoms with Crippen molar-refractivity contribution in [2.75, 3.05) is 0 Å². The molecular formula is C23H27ClSiZr. The molecule has 3 heteroatoms. The molecule has 2 aromatic rings. The molecular weight excluding hydrogens is 431 g/mol. The van der Waals surface area contributed by atoms with E-state index in [0.717, 1.165) is 0 Å². The van der Waals surface area contributed by atoms with Gasteiger partial charge in [0.2, 0.25) is 0 Å². The molecule has 0 aromatic heterocycles. The molecule has 134 valence electrons. The first-order chi connectivity index (χ1) is 12.6. The average Bonchev–Trinajstić information content (AvgIpc) is 3.32. The third-order valence-corrected chi connectivity index (χ3v) is 44.0. The summed E-state index contributed by atoms with van der Waals surface area (Å²) in [6.45, 7) is 4.71. The van der Waals surface area contributed by atoms with Crippen molar-refractivity contribution in [2.45, 2.75) is 37.7 Å². The van der Waals surface area contributed by atoms with Gasteiger partial charge in [-0.25, -0.2) is 0 Å². The summed E-state index contributed by atoms with van der Waals surface area (Å²) < 4.78 is 2.13. The molecule has 0 radical (unpaired) electrons. The standard InChI is InChI=1S/2C9H7.C3H8Si.C2H5.ClH.Zr/c2*1-2-5-9-7-3-6-8(9)4-1;1-2-3-4;1-2;;/h2*1-7H;4H,2-3H2,1H3;1H2,2H3;1H;/q;;;;;+1/p-1. The fourth-order valence-corrected chi connectivity index (χ4v) is 37.7.